The van der Waals surface area contributed by atoms with Crippen LogP contribution >= 0.6 is 11.6 Å². The number of nitrogens with one attached hydrogen (secondary N) is 3. The maximum Gasteiger partial charge on any atom is 0.390 e. The fourth-order valence-electron chi connectivity index (χ4n) is 2.93. The monoisotopic (exact) mass is 428 g/mol. The second-order valence-corrected chi connectivity index (χ2v) is 7.63. The lowest BCUT2D eigenvalue weighted by Gasteiger charge is -2.26. The molecule has 1 amide bonds. The van der Waals surface area contributed by atoms with E-state index >= 15 is 0 Å². The first-order valence-electron chi connectivity index (χ1n) is 8.91. The minimum Gasteiger partial charge on any atom is -0.369 e. The number of amides is 1. The van der Waals surface area contributed by atoms with Gasteiger partial charge in [0.05, 0.1) is 17.4 Å². The first-order valence-corrected chi connectivity index (χ1v) is 9.28. The lowest BCUT2D eigenvalue weighted by molar-refractivity contribution is -0.136. The minimum atomic E-state index is -4.32. The van der Waals surface area contributed by atoms with Gasteiger partial charge < -0.3 is 16.0 Å². The maximum atomic E-state index is 12.3. The summed E-state index contributed by atoms with van der Waals surface area (Å²) in [4.78, 5) is 25.3. The summed E-state index contributed by atoms with van der Waals surface area (Å²) in [5.41, 5.74) is -0.299. The molecule has 3 N–H and O–H groups in total. The topological polar surface area (TPSA) is 91.8 Å². The van der Waals surface area contributed by atoms with Crippen LogP contribution in [0.5, 0.6) is 0 Å². The summed E-state index contributed by atoms with van der Waals surface area (Å²) in [5, 5.41) is 8.92. The van der Waals surface area contributed by atoms with Crippen molar-refractivity contribution in [2.24, 2.45) is 0 Å². The molecule has 29 heavy (non-hydrogen) atoms. The van der Waals surface area contributed by atoms with Crippen molar-refractivity contribution in [2.45, 2.75) is 37.9 Å². The Balaban J connectivity index is 1.70. The summed E-state index contributed by atoms with van der Waals surface area (Å²) >= 11 is 6.04. The van der Waals surface area contributed by atoms with E-state index in [1.165, 1.54) is 0 Å². The van der Waals surface area contributed by atoms with Gasteiger partial charge in [-0.3, -0.25) is 4.79 Å². The number of carbonyl (C=O) groups excluding carboxylic acids is 1. The first kappa shape index (κ1) is 21.1. The number of nitrogens with zero attached hydrogens (tertiary/aromatic N) is 3. The van der Waals surface area contributed by atoms with E-state index in [9.17, 15) is 18.0 Å². The average Bonchev–Trinajstić information content (AvgIpc) is 3.03. The van der Waals surface area contributed by atoms with E-state index in [0.29, 0.717) is 29.0 Å². The first-order chi connectivity index (χ1) is 13.5. The summed E-state index contributed by atoms with van der Waals surface area (Å²) in [5.74, 6) is 0.881. The molecule has 3 heterocycles. The Hall–Kier alpha value is -2.62. The normalized spacial score (nSPS) is 16.1. The third kappa shape index (κ3) is 5.26. The highest BCUT2D eigenvalue weighted by molar-refractivity contribution is 6.30. The minimum absolute atomic E-state index is 0.165. The third-order valence-electron chi connectivity index (χ3n) is 4.42. The zero-order valence-corrected chi connectivity index (χ0v) is 16.5. The summed E-state index contributed by atoms with van der Waals surface area (Å²) < 4.78 is 36.8. The largest absolute Gasteiger partial charge is 0.390 e. The molecule has 1 aliphatic rings. The van der Waals surface area contributed by atoms with Gasteiger partial charge in [0.2, 0.25) is 5.91 Å². The molecule has 0 spiro atoms. The van der Waals surface area contributed by atoms with Crippen molar-refractivity contribution >= 4 is 29.1 Å². The Morgan fingerprint density at radius 1 is 1.34 bits per heavy atom. The Morgan fingerprint density at radius 3 is 2.83 bits per heavy atom. The van der Waals surface area contributed by atoms with Crippen molar-refractivity contribution in [3.63, 3.8) is 0 Å². The van der Waals surface area contributed by atoms with Crippen LogP contribution < -0.4 is 16.0 Å². The molecule has 0 aliphatic carbocycles. The fraction of sp³-hybridized carbons (Fsp3) is 0.444. The van der Waals surface area contributed by atoms with Gasteiger partial charge in [-0.25, -0.2) is 15.0 Å². The van der Waals surface area contributed by atoms with Gasteiger partial charge in [0.25, 0.3) is 0 Å². The molecule has 11 heteroatoms. The molecule has 0 fully saturated rings. The van der Waals surface area contributed by atoms with E-state index in [4.69, 9.17) is 11.6 Å². The fourth-order valence-corrected chi connectivity index (χ4v) is 3.10. The van der Waals surface area contributed by atoms with Crippen molar-refractivity contribution in [1.82, 2.24) is 20.3 Å². The molecular weight excluding hydrogens is 409 g/mol. The Kier molecular flexibility index (Phi) is 5.83. The molecule has 0 radical (unpaired) electrons. The zero-order chi connectivity index (χ0) is 21.2. The lowest BCUT2D eigenvalue weighted by atomic mass is 10.0. The van der Waals surface area contributed by atoms with E-state index in [0.717, 1.165) is 5.56 Å². The predicted octanol–water partition coefficient (Wildman–Crippen LogP) is 3.34. The molecule has 1 unspecified atom stereocenters. The Morgan fingerprint density at radius 2 is 2.10 bits per heavy atom. The van der Waals surface area contributed by atoms with E-state index in [1.807, 2.05) is 0 Å². The number of rotatable bonds is 6. The Labute approximate surface area is 170 Å². The number of carbonyl (C=O) groups is 1. The van der Waals surface area contributed by atoms with Gasteiger partial charge in [0.15, 0.2) is 0 Å². The smallest absolute Gasteiger partial charge is 0.369 e. The van der Waals surface area contributed by atoms with Crippen molar-refractivity contribution in [1.29, 1.82) is 0 Å². The molecule has 2 aromatic rings. The van der Waals surface area contributed by atoms with Gasteiger partial charge in [-0.2, -0.15) is 13.2 Å². The van der Waals surface area contributed by atoms with Gasteiger partial charge in [-0.15, -0.1) is 0 Å². The van der Waals surface area contributed by atoms with Gasteiger partial charge >= 0.3 is 6.18 Å². The van der Waals surface area contributed by atoms with Crippen LogP contribution in [0.3, 0.4) is 0 Å². The van der Waals surface area contributed by atoms with Crippen molar-refractivity contribution in [3.8, 4) is 0 Å². The summed E-state index contributed by atoms with van der Waals surface area (Å²) in [7, 11) is 0. The third-order valence-corrected chi connectivity index (χ3v) is 4.63. The van der Waals surface area contributed by atoms with Crippen LogP contribution in [-0.2, 0) is 4.79 Å². The number of aromatic nitrogens is 3. The van der Waals surface area contributed by atoms with E-state index in [-0.39, 0.29) is 5.92 Å². The molecule has 0 bridgehead atoms. The van der Waals surface area contributed by atoms with Crippen LogP contribution in [0.25, 0.3) is 0 Å². The molecular formula is C18H20ClF3N6O. The second-order valence-electron chi connectivity index (χ2n) is 7.20. The van der Waals surface area contributed by atoms with Crippen LogP contribution in [0.15, 0.2) is 24.5 Å². The number of alkyl halides is 3. The number of halogens is 4. The average molecular weight is 429 g/mol. The van der Waals surface area contributed by atoms with E-state index < -0.39 is 30.6 Å². The molecule has 0 aromatic carbocycles. The summed E-state index contributed by atoms with van der Waals surface area (Å²) in [6.07, 6.45) is -2.31. The molecule has 0 saturated heterocycles. The SMILES string of the molecule is CC(C)(Nc1ccnc(C2CNc3ncc(Cl)cc32)n1)C(=O)NCCC(F)(F)F. The highest BCUT2D eigenvalue weighted by Gasteiger charge is 2.32. The summed E-state index contributed by atoms with van der Waals surface area (Å²) in [6.45, 7) is 3.19. The van der Waals surface area contributed by atoms with Gasteiger partial charge in [-0.1, -0.05) is 11.6 Å². The number of hydrogen-bond donors (Lipinski definition) is 3. The lowest BCUT2D eigenvalue weighted by Crippen LogP contribution is -2.48. The number of hydrogen-bond acceptors (Lipinski definition) is 6. The zero-order valence-electron chi connectivity index (χ0n) is 15.8. The molecule has 2 aromatic heterocycles. The van der Waals surface area contributed by atoms with Crippen molar-refractivity contribution in [2.75, 3.05) is 23.7 Å². The van der Waals surface area contributed by atoms with Gasteiger partial charge in [0.1, 0.15) is 23.0 Å². The number of fused-ring (bicyclic) bond motifs is 1. The molecule has 0 saturated carbocycles. The molecule has 1 atom stereocenters. The molecule has 1 aliphatic heterocycles. The predicted molar refractivity (Wildman–Crippen MR) is 103 cm³/mol. The molecule has 7 nitrogen and oxygen atoms in total. The number of anilines is 2. The second kappa shape index (κ2) is 8.02. The van der Waals surface area contributed by atoms with Crippen LogP contribution in [0.1, 0.15) is 37.6 Å². The molecule has 156 valence electrons. The van der Waals surface area contributed by atoms with Crippen molar-refractivity contribution in [3.05, 3.63) is 40.9 Å². The summed E-state index contributed by atoms with van der Waals surface area (Å²) in [6, 6.07) is 3.39. The van der Waals surface area contributed by atoms with E-state index in [1.54, 1.807) is 38.4 Å². The highest BCUT2D eigenvalue weighted by Crippen LogP contribution is 2.35. The maximum absolute atomic E-state index is 12.3. The van der Waals surface area contributed by atoms with Crippen LogP contribution in [0, 0.1) is 0 Å². The Bertz CT molecular complexity index is 905. The van der Waals surface area contributed by atoms with Crippen LogP contribution in [0.4, 0.5) is 24.8 Å². The highest BCUT2D eigenvalue weighted by atomic mass is 35.5. The quantitative estimate of drug-likeness (QED) is 0.653. The van der Waals surface area contributed by atoms with Crippen LogP contribution in [-0.4, -0.2) is 45.7 Å². The standard InChI is InChI=1S/C18H20ClF3N6O/c1-17(2,16(29)24-6-4-18(20,21)22)28-13-3-5-23-15(27-13)12-9-26-14-11(12)7-10(19)8-25-14/h3,5,7-8,12H,4,6,9H2,1-2H3,(H,24,29)(H,25,26)(H,23,27,28). The van der Waals surface area contributed by atoms with Crippen molar-refractivity contribution < 1.29 is 18.0 Å². The van der Waals surface area contributed by atoms with Gasteiger partial charge in [-0.05, 0) is 26.0 Å². The molecule has 3 rings (SSSR count). The van der Waals surface area contributed by atoms with E-state index in [2.05, 4.69) is 30.9 Å². The van der Waals surface area contributed by atoms with Gasteiger partial charge in [0, 0.05) is 31.0 Å². The van der Waals surface area contributed by atoms with Crippen LogP contribution in [0.2, 0.25) is 5.02 Å². The number of pyridine rings is 1.